The number of ether oxygens (including phenoxy) is 2. The zero-order valence-electron chi connectivity index (χ0n) is 23.4. The predicted molar refractivity (Wildman–Crippen MR) is 144 cm³/mol. The van der Waals surface area contributed by atoms with Crippen LogP contribution in [0.15, 0.2) is 5.10 Å². The van der Waals surface area contributed by atoms with Crippen LogP contribution in [0.4, 0.5) is 0 Å². The van der Waals surface area contributed by atoms with E-state index in [0.717, 1.165) is 76.8 Å². The standard InChI is InChI=1S/C28H49N5O4/c1-28(2,3)22-14-21(36-4)6-8-25(22)37-17-26(34)32-11-9-19-15-33(16-20(19)10-12-32)27(35)18-5-7-23(29)24(13-18)31-30/h18-23,25H,5-17,29-30H2,1-4H3/b31-24+. The van der Waals surface area contributed by atoms with E-state index in [1.165, 1.54) is 0 Å². The van der Waals surface area contributed by atoms with Crippen molar-refractivity contribution in [1.82, 2.24) is 9.80 Å². The fraction of sp³-hybridized carbons (Fsp3) is 0.893. The van der Waals surface area contributed by atoms with Gasteiger partial charge in [-0.25, -0.2) is 0 Å². The number of likely N-dealkylation sites (tertiary alicyclic amines) is 2. The van der Waals surface area contributed by atoms with E-state index in [1.807, 2.05) is 4.90 Å². The summed E-state index contributed by atoms with van der Waals surface area (Å²) in [7, 11) is 1.79. The highest BCUT2D eigenvalue weighted by molar-refractivity contribution is 5.94. The Hall–Kier alpha value is -1.71. The first kappa shape index (κ1) is 28.3. The summed E-state index contributed by atoms with van der Waals surface area (Å²) in [6.07, 6.45) is 7.30. The molecule has 4 aliphatic rings. The second-order valence-corrected chi connectivity index (χ2v) is 12.9. The Balaban J connectivity index is 1.25. The highest BCUT2D eigenvalue weighted by Gasteiger charge is 2.42. The number of amides is 2. The third-order valence-electron chi connectivity index (χ3n) is 9.61. The molecule has 0 radical (unpaired) electrons. The van der Waals surface area contributed by atoms with Gasteiger partial charge in [0.1, 0.15) is 6.61 Å². The van der Waals surface area contributed by atoms with Gasteiger partial charge in [0, 0.05) is 51.7 Å². The van der Waals surface area contributed by atoms with E-state index in [-0.39, 0.29) is 48.0 Å². The first-order valence-corrected chi connectivity index (χ1v) is 14.3. The molecule has 4 fully saturated rings. The Labute approximate surface area is 222 Å². The molecule has 2 saturated carbocycles. The molecule has 4 rings (SSSR count). The molecule has 2 aliphatic carbocycles. The predicted octanol–water partition coefficient (Wildman–Crippen LogP) is 2.37. The Kier molecular flexibility index (Phi) is 9.17. The van der Waals surface area contributed by atoms with Gasteiger partial charge in [-0.15, -0.1) is 0 Å². The lowest BCUT2D eigenvalue weighted by Crippen LogP contribution is -2.44. The summed E-state index contributed by atoms with van der Waals surface area (Å²) in [5, 5.41) is 3.83. The van der Waals surface area contributed by atoms with Crippen LogP contribution in [-0.2, 0) is 19.1 Å². The molecule has 0 spiro atoms. The smallest absolute Gasteiger partial charge is 0.248 e. The average Bonchev–Trinajstić information content (AvgIpc) is 3.19. The molecule has 0 aromatic heterocycles. The highest BCUT2D eigenvalue weighted by Crippen LogP contribution is 2.40. The third kappa shape index (κ3) is 6.66. The maximum absolute atomic E-state index is 13.2. The molecule has 4 N–H and O–H groups in total. The monoisotopic (exact) mass is 519 g/mol. The largest absolute Gasteiger partial charge is 0.381 e. The number of hydrogen-bond acceptors (Lipinski definition) is 7. The van der Waals surface area contributed by atoms with Crippen molar-refractivity contribution >= 4 is 17.5 Å². The molecule has 0 bridgehead atoms. The van der Waals surface area contributed by atoms with Crippen molar-refractivity contribution in [3.05, 3.63) is 0 Å². The van der Waals surface area contributed by atoms with Crippen molar-refractivity contribution in [2.45, 2.75) is 90.4 Å². The molecule has 9 nitrogen and oxygen atoms in total. The molecule has 2 saturated heterocycles. The zero-order valence-corrected chi connectivity index (χ0v) is 23.4. The van der Waals surface area contributed by atoms with Gasteiger partial charge in [-0.3, -0.25) is 9.59 Å². The van der Waals surface area contributed by atoms with Gasteiger partial charge in [0.25, 0.3) is 0 Å². The Morgan fingerprint density at radius 2 is 1.68 bits per heavy atom. The SMILES string of the molecule is COC1CCC(OCC(=O)N2CCC3CN(C(=O)C4CCC(N)/C(=N/N)C4)CC3CC2)C(C(C)(C)C)C1. The molecule has 0 aromatic carbocycles. The summed E-state index contributed by atoms with van der Waals surface area (Å²) in [5.41, 5.74) is 6.94. The van der Waals surface area contributed by atoms with Gasteiger partial charge in [0.05, 0.1) is 17.9 Å². The molecule has 2 amide bonds. The molecule has 2 heterocycles. The van der Waals surface area contributed by atoms with Crippen LogP contribution >= 0.6 is 0 Å². The summed E-state index contributed by atoms with van der Waals surface area (Å²) < 4.78 is 11.9. The Bertz CT molecular complexity index is 827. The van der Waals surface area contributed by atoms with E-state index < -0.39 is 0 Å². The molecule has 7 atom stereocenters. The summed E-state index contributed by atoms with van der Waals surface area (Å²) in [5.74, 6) is 7.03. The van der Waals surface area contributed by atoms with Crippen LogP contribution in [0.2, 0.25) is 0 Å². The number of fused-ring (bicyclic) bond motifs is 1. The first-order valence-electron chi connectivity index (χ1n) is 14.3. The number of rotatable bonds is 5. The van der Waals surface area contributed by atoms with Gasteiger partial charge >= 0.3 is 0 Å². The van der Waals surface area contributed by atoms with Gasteiger partial charge < -0.3 is 30.8 Å². The summed E-state index contributed by atoms with van der Waals surface area (Å²) in [6.45, 7) is 9.98. The zero-order chi connectivity index (χ0) is 26.7. The lowest BCUT2D eigenvalue weighted by Gasteiger charge is -2.42. The van der Waals surface area contributed by atoms with E-state index in [9.17, 15) is 9.59 Å². The van der Waals surface area contributed by atoms with Crippen LogP contribution in [0, 0.1) is 29.1 Å². The van der Waals surface area contributed by atoms with Crippen molar-refractivity contribution in [2.24, 2.45) is 45.8 Å². The second kappa shape index (κ2) is 12.0. The summed E-state index contributed by atoms with van der Waals surface area (Å²) in [4.78, 5) is 30.4. The van der Waals surface area contributed by atoms with Crippen molar-refractivity contribution in [3.8, 4) is 0 Å². The van der Waals surface area contributed by atoms with Gasteiger partial charge in [-0.1, -0.05) is 20.8 Å². The molecule has 210 valence electrons. The topological polar surface area (TPSA) is 123 Å². The molecule has 37 heavy (non-hydrogen) atoms. The third-order valence-corrected chi connectivity index (χ3v) is 9.61. The van der Waals surface area contributed by atoms with E-state index in [2.05, 4.69) is 30.8 Å². The average molecular weight is 520 g/mol. The molecular weight excluding hydrogens is 470 g/mol. The van der Waals surface area contributed by atoms with Crippen LogP contribution < -0.4 is 11.6 Å². The van der Waals surface area contributed by atoms with Crippen LogP contribution in [-0.4, -0.2) is 85.5 Å². The fourth-order valence-corrected chi connectivity index (χ4v) is 7.15. The van der Waals surface area contributed by atoms with E-state index in [0.29, 0.717) is 24.2 Å². The molecule has 9 heteroatoms. The van der Waals surface area contributed by atoms with Crippen molar-refractivity contribution in [2.75, 3.05) is 39.9 Å². The minimum atomic E-state index is -0.119. The molecule has 7 unspecified atom stereocenters. The number of nitrogens with two attached hydrogens (primary N) is 2. The minimum Gasteiger partial charge on any atom is -0.381 e. The van der Waals surface area contributed by atoms with Crippen molar-refractivity contribution < 1.29 is 19.1 Å². The molecule has 0 aromatic rings. The number of hydrazone groups is 1. The van der Waals surface area contributed by atoms with Crippen LogP contribution in [0.5, 0.6) is 0 Å². The van der Waals surface area contributed by atoms with Gasteiger partial charge in [0.15, 0.2) is 0 Å². The first-order chi connectivity index (χ1) is 17.6. The maximum atomic E-state index is 13.2. The Morgan fingerprint density at radius 1 is 1.00 bits per heavy atom. The summed E-state index contributed by atoms with van der Waals surface area (Å²) in [6, 6.07) is -0.119. The minimum absolute atomic E-state index is 0.0597. The molecule has 2 aliphatic heterocycles. The lowest BCUT2D eigenvalue weighted by molar-refractivity contribution is -0.144. The van der Waals surface area contributed by atoms with E-state index >= 15 is 0 Å². The van der Waals surface area contributed by atoms with Crippen molar-refractivity contribution in [3.63, 3.8) is 0 Å². The molecular formula is C28H49N5O4. The number of nitrogens with zero attached hydrogens (tertiary/aromatic N) is 3. The highest BCUT2D eigenvalue weighted by atomic mass is 16.5. The quantitative estimate of drug-likeness (QED) is 0.425. The van der Waals surface area contributed by atoms with Gasteiger partial charge in [-0.2, -0.15) is 5.10 Å². The normalized spacial score (nSPS) is 36.4. The summed E-state index contributed by atoms with van der Waals surface area (Å²) >= 11 is 0. The van der Waals surface area contributed by atoms with E-state index in [1.54, 1.807) is 7.11 Å². The number of hydrogen-bond donors (Lipinski definition) is 2. The lowest BCUT2D eigenvalue weighted by atomic mass is 9.70. The van der Waals surface area contributed by atoms with E-state index in [4.69, 9.17) is 21.1 Å². The number of carbonyl (C=O) groups is 2. The fourth-order valence-electron chi connectivity index (χ4n) is 7.15. The van der Waals surface area contributed by atoms with Crippen LogP contribution in [0.1, 0.15) is 72.1 Å². The Morgan fingerprint density at radius 3 is 2.27 bits per heavy atom. The van der Waals surface area contributed by atoms with Gasteiger partial charge in [-0.05, 0) is 68.1 Å². The van der Waals surface area contributed by atoms with Crippen LogP contribution in [0.3, 0.4) is 0 Å². The van der Waals surface area contributed by atoms with Crippen molar-refractivity contribution in [1.29, 1.82) is 0 Å². The van der Waals surface area contributed by atoms with Crippen LogP contribution in [0.25, 0.3) is 0 Å². The number of methoxy groups -OCH3 is 1. The number of carbonyl (C=O) groups excluding carboxylic acids is 2. The van der Waals surface area contributed by atoms with Gasteiger partial charge in [0.2, 0.25) is 11.8 Å². The maximum Gasteiger partial charge on any atom is 0.248 e. The second-order valence-electron chi connectivity index (χ2n) is 12.9.